The Kier molecular flexibility index (Phi) is 4.36. The lowest BCUT2D eigenvalue weighted by Gasteiger charge is -2.10. The lowest BCUT2D eigenvalue weighted by Crippen LogP contribution is -2.07. The first-order valence-corrected chi connectivity index (χ1v) is 9.08. The summed E-state index contributed by atoms with van der Waals surface area (Å²) in [6, 6.07) is 8.26. The van der Waals surface area contributed by atoms with Crippen molar-refractivity contribution in [3.63, 3.8) is 0 Å². The number of rotatable bonds is 3. The lowest BCUT2D eigenvalue weighted by molar-refractivity contribution is 0.771. The summed E-state index contributed by atoms with van der Waals surface area (Å²) in [7, 11) is 0. The first-order valence-electron chi connectivity index (χ1n) is 6.89. The summed E-state index contributed by atoms with van der Waals surface area (Å²) >= 11 is 5.47. The number of hydrogen-bond acceptors (Lipinski definition) is 3. The maximum Gasteiger partial charge on any atom is 0.133 e. The van der Waals surface area contributed by atoms with Gasteiger partial charge < -0.3 is 5.32 Å². The number of hydrogen-bond donors (Lipinski definition) is 1. The van der Waals surface area contributed by atoms with Gasteiger partial charge >= 0.3 is 0 Å². The Bertz CT molecular complexity index is 609. The van der Waals surface area contributed by atoms with Gasteiger partial charge in [0.15, 0.2) is 0 Å². The molecule has 0 fully saturated rings. The van der Waals surface area contributed by atoms with Crippen molar-refractivity contribution in [2.75, 3.05) is 18.1 Å². The molecule has 0 bridgehead atoms. The van der Waals surface area contributed by atoms with E-state index in [0.717, 1.165) is 28.9 Å². The zero-order valence-corrected chi connectivity index (χ0v) is 13.9. The maximum absolute atomic E-state index is 4.86. The van der Waals surface area contributed by atoms with Gasteiger partial charge in [-0.2, -0.15) is 16.9 Å². The van der Waals surface area contributed by atoms with E-state index in [4.69, 9.17) is 5.10 Å². The minimum atomic E-state index is 0.974. The van der Waals surface area contributed by atoms with Crippen LogP contribution in [0.15, 0.2) is 28.7 Å². The Morgan fingerprint density at radius 2 is 2.20 bits per heavy atom. The molecule has 1 aromatic carbocycles. The number of fused-ring (bicyclic) bond motifs is 1. The van der Waals surface area contributed by atoms with Crippen LogP contribution >= 0.6 is 27.7 Å². The summed E-state index contributed by atoms with van der Waals surface area (Å²) < 4.78 is 3.14. The van der Waals surface area contributed by atoms with Crippen LogP contribution in [0.4, 0.5) is 5.82 Å². The second-order valence-corrected chi connectivity index (χ2v) is 6.67. The molecule has 0 atom stereocenters. The highest BCUT2D eigenvalue weighted by molar-refractivity contribution is 9.10. The van der Waals surface area contributed by atoms with Crippen LogP contribution in [0, 0.1) is 0 Å². The largest absolute Gasteiger partial charge is 0.370 e. The van der Waals surface area contributed by atoms with Crippen LogP contribution in [-0.2, 0) is 12.2 Å². The molecule has 5 heteroatoms. The minimum Gasteiger partial charge on any atom is -0.370 e. The Morgan fingerprint density at radius 3 is 3.00 bits per heavy atom. The molecule has 106 valence electrons. The van der Waals surface area contributed by atoms with Gasteiger partial charge in [-0.05, 0) is 53.6 Å². The number of nitrogens with zero attached hydrogens (tertiary/aromatic N) is 2. The number of benzene rings is 1. The molecular weight excluding hydrogens is 334 g/mol. The molecule has 1 aliphatic heterocycles. The monoisotopic (exact) mass is 351 g/mol. The zero-order valence-electron chi connectivity index (χ0n) is 11.5. The van der Waals surface area contributed by atoms with Gasteiger partial charge in [-0.1, -0.05) is 12.1 Å². The van der Waals surface area contributed by atoms with Crippen molar-refractivity contribution in [1.82, 2.24) is 9.78 Å². The van der Waals surface area contributed by atoms with Crippen molar-refractivity contribution < 1.29 is 0 Å². The van der Waals surface area contributed by atoms with Gasteiger partial charge in [0.2, 0.25) is 0 Å². The average molecular weight is 352 g/mol. The van der Waals surface area contributed by atoms with Crippen molar-refractivity contribution >= 4 is 33.5 Å². The third kappa shape index (κ3) is 2.61. The highest BCUT2D eigenvalue weighted by atomic mass is 79.9. The highest BCUT2D eigenvalue weighted by Gasteiger charge is 2.20. The molecule has 0 amide bonds. The average Bonchev–Trinajstić information content (AvgIpc) is 2.64. The first-order chi connectivity index (χ1) is 9.81. The molecule has 0 spiro atoms. The van der Waals surface area contributed by atoms with Crippen molar-refractivity contribution in [3.8, 4) is 5.69 Å². The van der Waals surface area contributed by atoms with E-state index in [9.17, 15) is 0 Å². The van der Waals surface area contributed by atoms with E-state index in [0.29, 0.717) is 0 Å². The van der Waals surface area contributed by atoms with Crippen LogP contribution in [-0.4, -0.2) is 22.6 Å². The first kappa shape index (κ1) is 14.0. The molecule has 2 heterocycles. The second-order valence-electron chi connectivity index (χ2n) is 4.95. The molecule has 3 rings (SSSR count). The van der Waals surface area contributed by atoms with Gasteiger partial charge in [0.1, 0.15) is 5.82 Å². The van der Waals surface area contributed by atoms with E-state index < -0.39 is 0 Å². The van der Waals surface area contributed by atoms with Gasteiger partial charge in [0, 0.05) is 22.3 Å². The van der Waals surface area contributed by atoms with E-state index in [2.05, 4.69) is 50.4 Å². The number of halogens is 1. The quantitative estimate of drug-likeness (QED) is 0.896. The fourth-order valence-corrected chi connectivity index (χ4v) is 3.58. The van der Waals surface area contributed by atoms with Crippen LogP contribution < -0.4 is 5.32 Å². The summed E-state index contributed by atoms with van der Waals surface area (Å²) in [5.41, 5.74) is 3.72. The van der Waals surface area contributed by atoms with Gasteiger partial charge in [0.05, 0.1) is 11.4 Å². The van der Waals surface area contributed by atoms with Crippen molar-refractivity contribution in [3.05, 3.63) is 40.0 Å². The van der Waals surface area contributed by atoms with Gasteiger partial charge in [0.25, 0.3) is 0 Å². The Labute approximate surface area is 132 Å². The van der Waals surface area contributed by atoms with Crippen LogP contribution in [0.2, 0.25) is 0 Å². The fourth-order valence-electron chi connectivity index (χ4n) is 2.62. The maximum atomic E-state index is 4.86. The summed E-state index contributed by atoms with van der Waals surface area (Å²) in [5, 5.41) is 8.43. The molecular formula is C15H18BrN3S. The SMILES string of the molecule is CSCc1nn(-c2ccccc2Br)c2c1CCCCN2. The summed E-state index contributed by atoms with van der Waals surface area (Å²) in [6.45, 7) is 1.03. The van der Waals surface area contributed by atoms with Gasteiger partial charge in [-0.15, -0.1) is 0 Å². The number of anilines is 1. The third-order valence-electron chi connectivity index (χ3n) is 3.57. The standard InChI is InChI=1S/C15H18BrN3S/c1-20-10-13-11-6-4-5-9-17-15(11)19(18-13)14-8-3-2-7-12(14)16/h2-3,7-8,17H,4-6,9-10H2,1H3. The molecule has 0 radical (unpaired) electrons. The number of thioether (sulfide) groups is 1. The normalized spacial score (nSPS) is 14.5. The molecule has 0 saturated heterocycles. The lowest BCUT2D eigenvalue weighted by atomic mass is 10.1. The molecule has 1 aliphatic rings. The number of para-hydroxylation sites is 1. The van der Waals surface area contributed by atoms with E-state index in [1.807, 2.05) is 17.8 Å². The van der Waals surface area contributed by atoms with E-state index in [1.54, 1.807) is 0 Å². The predicted molar refractivity (Wildman–Crippen MR) is 89.9 cm³/mol. The van der Waals surface area contributed by atoms with E-state index >= 15 is 0 Å². The van der Waals surface area contributed by atoms with Crippen LogP contribution in [0.5, 0.6) is 0 Å². The van der Waals surface area contributed by atoms with Crippen LogP contribution in [0.1, 0.15) is 24.1 Å². The molecule has 1 N–H and O–H groups in total. The molecule has 20 heavy (non-hydrogen) atoms. The molecule has 3 nitrogen and oxygen atoms in total. The molecule has 0 saturated carbocycles. The minimum absolute atomic E-state index is 0.974. The molecule has 2 aromatic rings. The summed E-state index contributed by atoms with van der Waals surface area (Å²) in [4.78, 5) is 0. The fraction of sp³-hybridized carbons (Fsp3) is 0.400. The van der Waals surface area contributed by atoms with Crippen LogP contribution in [0.3, 0.4) is 0 Å². The van der Waals surface area contributed by atoms with Crippen molar-refractivity contribution in [1.29, 1.82) is 0 Å². The number of nitrogens with one attached hydrogen (secondary N) is 1. The van der Waals surface area contributed by atoms with Gasteiger partial charge in [-0.25, -0.2) is 4.68 Å². The van der Waals surface area contributed by atoms with E-state index in [-0.39, 0.29) is 0 Å². The Balaban J connectivity index is 2.13. The predicted octanol–water partition coefficient (Wildman–Crippen LogP) is 4.25. The third-order valence-corrected chi connectivity index (χ3v) is 4.81. The van der Waals surface area contributed by atoms with Crippen LogP contribution in [0.25, 0.3) is 5.69 Å². The summed E-state index contributed by atoms with van der Waals surface area (Å²) in [5.74, 6) is 2.15. The Morgan fingerprint density at radius 1 is 1.35 bits per heavy atom. The topological polar surface area (TPSA) is 29.9 Å². The second kappa shape index (κ2) is 6.22. The molecule has 1 aromatic heterocycles. The Hall–Kier alpha value is -0.940. The van der Waals surface area contributed by atoms with Gasteiger partial charge in [-0.3, -0.25) is 0 Å². The van der Waals surface area contributed by atoms with Crippen molar-refractivity contribution in [2.24, 2.45) is 0 Å². The van der Waals surface area contributed by atoms with Crippen molar-refractivity contribution in [2.45, 2.75) is 25.0 Å². The van der Waals surface area contributed by atoms with E-state index in [1.165, 1.54) is 29.9 Å². The number of aromatic nitrogens is 2. The smallest absolute Gasteiger partial charge is 0.133 e. The highest BCUT2D eigenvalue weighted by Crippen LogP contribution is 2.31. The molecule has 0 aliphatic carbocycles. The summed E-state index contributed by atoms with van der Waals surface area (Å²) in [6.07, 6.45) is 5.73. The molecule has 0 unspecified atom stereocenters. The zero-order chi connectivity index (χ0) is 13.9.